The topological polar surface area (TPSA) is 83.2 Å². The van der Waals surface area contributed by atoms with Crippen molar-refractivity contribution in [2.24, 2.45) is 7.05 Å². The minimum atomic E-state index is -2.89. The van der Waals surface area contributed by atoms with Crippen LogP contribution in [0.3, 0.4) is 0 Å². The van der Waals surface area contributed by atoms with Gasteiger partial charge in [0.05, 0.1) is 30.1 Å². The van der Waals surface area contributed by atoms with Gasteiger partial charge in [-0.3, -0.25) is 9.48 Å². The van der Waals surface area contributed by atoms with Crippen LogP contribution in [0.15, 0.2) is 12.1 Å². The molecule has 1 N–H and O–H groups in total. The van der Waals surface area contributed by atoms with Crippen LogP contribution in [0.25, 0.3) is 0 Å². The lowest BCUT2D eigenvalue weighted by Crippen LogP contribution is -2.27. The third-order valence-corrected chi connectivity index (χ3v) is 4.25. The molecule has 0 aliphatic carbocycles. The second-order valence-electron chi connectivity index (χ2n) is 7.55. The zero-order valence-corrected chi connectivity index (χ0v) is 16.3. The number of rotatable bonds is 6. The first kappa shape index (κ1) is 20.4. The molecule has 0 spiro atoms. The Kier molecular flexibility index (Phi) is 5.80. The standard InChI is InChI=1S/C18H24F2N5O3/c1-18(2,3)25-15(9-12(23-25)14-6-5-7-27-14)21-16(26)13-8-11(22-24(13)4)10-28-17(19)20/h5,8-9,14,17H,6-7,10H2,1-4H3,(H,21,26)/t14-/m1/s1. The van der Waals surface area contributed by atoms with Crippen LogP contribution in [0.4, 0.5) is 14.6 Å². The zero-order chi connectivity index (χ0) is 20.5. The maximum Gasteiger partial charge on any atom is 0.345 e. The Morgan fingerprint density at radius 1 is 1.39 bits per heavy atom. The normalized spacial score (nSPS) is 17.5. The molecule has 3 rings (SSSR count). The molecular weight excluding hydrogens is 372 g/mol. The molecule has 2 aromatic heterocycles. The fourth-order valence-electron chi connectivity index (χ4n) is 2.97. The Morgan fingerprint density at radius 3 is 2.75 bits per heavy atom. The fourth-order valence-corrected chi connectivity index (χ4v) is 2.97. The van der Waals surface area contributed by atoms with Crippen molar-refractivity contribution >= 4 is 11.7 Å². The van der Waals surface area contributed by atoms with Crippen LogP contribution in [0.1, 0.15) is 55.2 Å². The van der Waals surface area contributed by atoms with Gasteiger partial charge in [-0.15, -0.1) is 0 Å². The molecule has 28 heavy (non-hydrogen) atoms. The van der Waals surface area contributed by atoms with Gasteiger partial charge < -0.3 is 14.8 Å². The van der Waals surface area contributed by atoms with E-state index < -0.39 is 12.5 Å². The van der Waals surface area contributed by atoms with Crippen molar-refractivity contribution in [2.75, 3.05) is 11.9 Å². The molecule has 0 aromatic carbocycles. The van der Waals surface area contributed by atoms with Crippen LogP contribution in [0, 0.1) is 6.42 Å². The largest absolute Gasteiger partial charge is 0.372 e. The molecule has 1 aliphatic rings. The fraction of sp³-hybridized carbons (Fsp3) is 0.556. The van der Waals surface area contributed by atoms with E-state index in [-0.39, 0.29) is 29.6 Å². The summed E-state index contributed by atoms with van der Waals surface area (Å²) in [5.74, 6) is 0.101. The van der Waals surface area contributed by atoms with E-state index in [1.165, 1.54) is 10.7 Å². The van der Waals surface area contributed by atoms with E-state index in [0.29, 0.717) is 12.4 Å². The quantitative estimate of drug-likeness (QED) is 0.812. The summed E-state index contributed by atoms with van der Waals surface area (Å²) in [4.78, 5) is 12.8. The highest BCUT2D eigenvalue weighted by Gasteiger charge is 2.27. The molecule has 2 aromatic rings. The summed E-state index contributed by atoms with van der Waals surface area (Å²) in [7, 11) is 1.56. The minimum absolute atomic E-state index is 0.131. The number of carbonyl (C=O) groups excluding carboxylic acids is 1. The highest BCUT2D eigenvalue weighted by molar-refractivity contribution is 6.02. The minimum Gasteiger partial charge on any atom is -0.372 e. The number of ether oxygens (including phenoxy) is 2. The van der Waals surface area contributed by atoms with Crippen molar-refractivity contribution in [3.8, 4) is 0 Å². The van der Waals surface area contributed by atoms with Gasteiger partial charge in [0.25, 0.3) is 5.91 Å². The summed E-state index contributed by atoms with van der Waals surface area (Å²) >= 11 is 0. The van der Waals surface area contributed by atoms with Gasteiger partial charge in [-0.1, -0.05) is 0 Å². The number of nitrogens with one attached hydrogen (secondary N) is 1. The monoisotopic (exact) mass is 396 g/mol. The molecule has 0 unspecified atom stereocenters. The third-order valence-electron chi connectivity index (χ3n) is 4.25. The lowest BCUT2D eigenvalue weighted by molar-refractivity contribution is -0.138. The second kappa shape index (κ2) is 7.96. The average molecular weight is 396 g/mol. The molecule has 1 saturated heterocycles. The van der Waals surface area contributed by atoms with E-state index >= 15 is 0 Å². The zero-order valence-electron chi connectivity index (χ0n) is 16.3. The Balaban J connectivity index is 1.81. The average Bonchev–Trinajstić information content (AvgIpc) is 3.30. The molecule has 1 aliphatic heterocycles. The molecule has 1 amide bonds. The predicted octanol–water partition coefficient (Wildman–Crippen LogP) is 3.03. The smallest absolute Gasteiger partial charge is 0.345 e. The van der Waals surface area contributed by atoms with Gasteiger partial charge in [-0.05, 0) is 39.7 Å². The summed E-state index contributed by atoms with van der Waals surface area (Å²) in [6.07, 6.45) is 2.68. The number of hydrogen-bond acceptors (Lipinski definition) is 5. The molecule has 8 nitrogen and oxygen atoms in total. The van der Waals surface area contributed by atoms with Gasteiger partial charge in [0.15, 0.2) is 0 Å². The lowest BCUT2D eigenvalue weighted by atomic mass is 10.1. The van der Waals surface area contributed by atoms with Crippen molar-refractivity contribution in [1.82, 2.24) is 19.6 Å². The summed E-state index contributed by atoms with van der Waals surface area (Å²) in [6.45, 7) is 3.24. The number of carbonyl (C=O) groups is 1. The van der Waals surface area contributed by atoms with Gasteiger partial charge >= 0.3 is 6.61 Å². The summed E-state index contributed by atoms with van der Waals surface area (Å²) in [6, 6.07) is 3.22. The molecular formula is C18H24F2N5O3. The number of nitrogens with zero attached hydrogens (tertiary/aromatic N) is 4. The van der Waals surface area contributed by atoms with E-state index in [0.717, 1.165) is 12.1 Å². The Bertz CT molecular complexity index is 835. The third kappa shape index (κ3) is 4.56. The van der Waals surface area contributed by atoms with E-state index in [9.17, 15) is 13.6 Å². The lowest BCUT2D eigenvalue weighted by Gasteiger charge is -2.22. The van der Waals surface area contributed by atoms with Crippen LogP contribution in [0.5, 0.6) is 0 Å². The Morgan fingerprint density at radius 2 is 2.14 bits per heavy atom. The van der Waals surface area contributed by atoms with Crippen molar-refractivity contribution in [3.63, 3.8) is 0 Å². The van der Waals surface area contributed by atoms with E-state index in [4.69, 9.17) is 4.74 Å². The highest BCUT2D eigenvalue weighted by Crippen LogP contribution is 2.31. The van der Waals surface area contributed by atoms with Gasteiger partial charge in [-0.2, -0.15) is 19.0 Å². The molecule has 3 heterocycles. The SMILES string of the molecule is Cn1nc(COC(F)F)cc1C(=O)Nc1cc([C@H]2C[CH]CO2)nn1C(C)(C)C. The first-order valence-corrected chi connectivity index (χ1v) is 8.93. The Hall–Kier alpha value is -2.33. The van der Waals surface area contributed by atoms with Crippen LogP contribution >= 0.6 is 0 Å². The van der Waals surface area contributed by atoms with Gasteiger partial charge in [-0.25, -0.2) is 4.68 Å². The van der Waals surface area contributed by atoms with E-state index in [1.807, 2.05) is 27.2 Å². The number of amides is 1. The first-order valence-electron chi connectivity index (χ1n) is 8.93. The summed E-state index contributed by atoms with van der Waals surface area (Å²) in [5, 5.41) is 11.5. The van der Waals surface area contributed by atoms with Crippen molar-refractivity contribution in [2.45, 2.75) is 52.1 Å². The maximum atomic E-state index is 12.8. The van der Waals surface area contributed by atoms with Crippen molar-refractivity contribution < 1.29 is 23.0 Å². The van der Waals surface area contributed by atoms with E-state index in [2.05, 4.69) is 20.3 Å². The summed E-state index contributed by atoms with van der Waals surface area (Å²) < 4.78 is 37.4. The number of aromatic nitrogens is 4. The van der Waals surface area contributed by atoms with Crippen molar-refractivity contribution in [1.29, 1.82) is 0 Å². The van der Waals surface area contributed by atoms with Gasteiger partial charge in [0.2, 0.25) is 0 Å². The molecule has 153 valence electrons. The number of alkyl halides is 2. The first-order chi connectivity index (χ1) is 13.1. The van der Waals surface area contributed by atoms with Gasteiger partial charge in [0.1, 0.15) is 17.6 Å². The molecule has 1 atom stereocenters. The number of hydrogen-bond donors (Lipinski definition) is 1. The van der Waals surface area contributed by atoms with E-state index in [1.54, 1.807) is 17.8 Å². The number of aryl methyl sites for hydroxylation is 1. The number of halogens is 2. The molecule has 0 bridgehead atoms. The molecule has 1 fully saturated rings. The van der Waals surface area contributed by atoms with Crippen LogP contribution in [0.2, 0.25) is 0 Å². The van der Waals surface area contributed by atoms with Crippen LogP contribution in [-0.4, -0.2) is 38.7 Å². The summed E-state index contributed by atoms with van der Waals surface area (Å²) in [5.41, 5.74) is 0.843. The molecule has 10 heteroatoms. The Labute approximate surface area is 161 Å². The second-order valence-corrected chi connectivity index (χ2v) is 7.55. The maximum absolute atomic E-state index is 12.8. The van der Waals surface area contributed by atoms with Gasteiger partial charge in [0, 0.05) is 13.1 Å². The highest BCUT2D eigenvalue weighted by atomic mass is 19.3. The molecule has 0 saturated carbocycles. The molecule has 1 radical (unpaired) electrons. The van der Waals surface area contributed by atoms with Crippen molar-refractivity contribution in [3.05, 3.63) is 35.6 Å². The van der Waals surface area contributed by atoms with Crippen LogP contribution in [-0.2, 0) is 28.7 Å². The number of anilines is 1. The van der Waals surface area contributed by atoms with Crippen LogP contribution < -0.4 is 5.32 Å². The predicted molar refractivity (Wildman–Crippen MR) is 96.8 cm³/mol.